The van der Waals surface area contributed by atoms with Crippen molar-refractivity contribution in [2.45, 2.75) is 18.9 Å². The zero-order valence-corrected chi connectivity index (χ0v) is 16.3. The van der Waals surface area contributed by atoms with Crippen molar-refractivity contribution in [2.75, 3.05) is 6.61 Å². The summed E-state index contributed by atoms with van der Waals surface area (Å²) in [7, 11) is 0. The van der Waals surface area contributed by atoms with Gasteiger partial charge in [0, 0.05) is 16.7 Å². The summed E-state index contributed by atoms with van der Waals surface area (Å²) >= 11 is 5.81. The lowest BCUT2D eigenvalue weighted by molar-refractivity contribution is -0.155. The molecular weight excluding hydrogens is 470 g/mol. The molecule has 1 amide bonds. The van der Waals surface area contributed by atoms with Crippen molar-refractivity contribution >= 4 is 17.5 Å². The van der Waals surface area contributed by atoms with Crippen LogP contribution in [0, 0.1) is 0 Å². The normalized spacial score (nSPS) is 12.0. The van der Waals surface area contributed by atoms with Crippen LogP contribution >= 0.6 is 11.6 Å². The number of hydrogen-bond donors (Lipinski definition) is 1. The van der Waals surface area contributed by atoms with Gasteiger partial charge in [0.15, 0.2) is 12.3 Å². The van der Waals surface area contributed by atoms with E-state index in [-0.39, 0.29) is 17.0 Å². The highest BCUT2D eigenvalue weighted by atomic mass is 35.5. The molecule has 0 saturated carbocycles. The molecule has 2 aromatic heterocycles. The second kappa shape index (κ2) is 9.02. The number of alkyl halides is 6. The second-order valence-electron chi connectivity index (χ2n) is 6.22. The van der Waals surface area contributed by atoms with E-state index in [9.17, 15) is 31.1 Å². The lowest BCUT2D eigenvalue weighted by atomic mass is 10.1. The first-order valence-corrected chi connectivity index (χ1v) is 8.94. The maximum Gasteiger partial charge on any atom is 0.452 e. The number of carbonyl (C=O) groups is 1. The Morgan fingerprint density at radius 1 is 1.06 bits per heavy atom. The van der Waals surface area contributed by atoms with E-state index in [2.05, 4.69) is 25.2 Å². The predicted octanol–water partition coefficient (Wildman–Crippen LogP) is 4.67. The Bertz CT molecular complexity index is 1100. The molecule has 0 atom stereocenters. The van der Waals surface area contributed by atoms with E-state index >= 15 is 0 Å². The molecule has 0 bridgehead atoms. The molecule has 0 saturated heterocycles. The molecule has 170 valence electrons. The van der Waals surface area contributed by atoms with Crippen LogP contribution < -0.4 is 10.1 Å². The van der Waals surface area contributed by atoms with Crippen molar-refractivity contribution in [1.29, 1.82) is 0 Å². The third-order valence-corrected chi connectivity index (χ3v) is 4.04. The molecule has 0 aliphatic carbocycles. The molecule has 0 aliphatic heterocycles. The summed E-state index contributed by atoms with van der Waals surface area (Å²) in [6, 6.07) is 7.60. The summed E-state index contributed by atoms with van der Waals surface area (Å²) in [6.07, 6.45) is -9.37. The van der Waals surface area contributed by atoms with E-state index in [0.29, 0.717) is 16.7 Å². The molecule has 1 N–H and O–H groups in total. The minimum absolute atomic E-state index is 0.0202. The first kappa shape index (κ1) is 23.3. The fourth-order valence-electron chi connectivity index (χ4n) is 2.37. The molecule has 3 rings (SSSR count). The van der Waals surface area contributed by atoms with Gasteiger partial charge in [-0.2, -0.15) is 26.3 Å². The number of amides is 1. The highest BCUT2D eigenvalue weighted by Crippen LogP contribution is 2.31. The minimum Gasteiger partial charge on any atom is -0.467 e. The van der Waals surface area contributed by atoms with E-state index in [1.807, 2.05) is 0 Å². The summed E-state index contributed by atoms with van der Waals surface area (Å²) in [5, 5.41) is 12.9. The number of hydrogen-bond acceptors (Lipinski definition) is 6. The van der Waals surface area contributed by atoms with Crippen LogP contribution in [0.15, 0.2) is 40.9 Å². The number of aromatic nitrogens is 3. The number of carbonyl (C=O) groups excluding carboxylic acids is 1. The molecule has 0 spiro atoms. The number of nitrogens with one attached hydrogen (secondary N) is 1. The third kappa shape index (κ3) is 6.09. The van der Waals surface area contributed by atoms with Gasteiger partial charge in [0.2, 0.25) is 11.6 Å². The molecule has 7 nitrogen and oxygen atoms in total. The average molecular weight is 481 g/mol. The van der Waals surface area contributed by atoms with Crippen molar-refractivity contribution in [3.8, 4) is 17.0 Å². The van der Waals surface area contributed by atoms with Crippen molar-refractivity contribution in [2.24, 2.45) is 0 Å². The smallest absolute Gasteiger partial charge is 0.452 e. The fraction of sp³-hybridized carbons (Fsp3) is 0.222. The average Bonchev–Trinajstić information content (AvgIpc) is 3.20. The Kier molecular flexibility index (Phi) is 6.57. The molecule has 0 aliphatic rings. The van der Waals surface area contributed by atoms with E-state index in [4.69, 9.17) is 16.3 Å². The van der Waals surface area contributed by atoms with Crippen LogP contribution in [-0.2, 0) is 12.7 Å². The Labute approximate surface area is 180 Å². The summed E-state index contributed by atoms with van der Waals surface area (Å²) in [5.41, 5.74) is -0.177. The second-order valence-corrected chi connectivity index (χ2v) is 6.66. The van der Waals surface area contributed by atoms with E-state index < -0.39 is 43.1 Å². The molecule has 0 unspecified atom stereocenters. The molecule has 0 radical (unpaired) electrons. The van der Waals surface area contributed by atoms with Gasteiger partial charge in [0.25, 0.3) is 5.91 Å². The zero-order valence-electron chi connectivity index (χ0n) is 15.6. The van der Waals surface area contributed by atoms with Crippen LogP contribution in [0.5, 0.6) is 5.88 Å². The maximum atomic E-state index is 12.5. The summed E-state index contributed by atoms with van der Waals surface area (Å²) in [4.78, 5) is 12.4. The van der Waals surface area contributed by atoms with Gasteiger partial charge in [-0.3, -0.25) is 4.79 Å². The molecule has 1 aromatic carbocycles. The van der Waals surface area contributed by atoms with Gasteiger partial charge < -0.3 is 14.6 Å². The largest absolute Gasteiger partial charge is 0.467 e. The zero-order chi connectivity index (χ0) is 23.5. The van der Waals surface area contributed by atoms with Crippen molar-refractivity contribution in [1.82, 2.24) is 20.7 Å². The van der Waals surface area contributed by atoms with Gasteiger partial charge >= 0.3 is 12.4 Å². The van der Waals surface area contributed by atoms with Crippen molar-refractivity contribution in [3.05, 3.63) is 58.6 Å². The first-order chi connectivity index (χ1) is 14.9. The van der Waals surface area contributed by atoms with Gasteiger partial charge in [-0.05, 0) is 23.8 Å². The first-order valence-electron chi connectivity index (χ1n) is 8.56. The highest BCUT2D eigenvalue weighted by Gasteiger charge is 2.36. The molecule has 14 heteroatoms. The predicted molar refractivity (Wildman–Crippen MR) is 96.7 cm³/mol. The minimum atomic E-state index is -4.74. The summed E-state index contributed by atoms with van der Waals surface area (Å²) in [5.74, 6) is -2.68. The van der Waals surface area contributed by atoms with Crippen LogP contribution in [0.1, 0.15) is 21.9 Å². The molecule has 3 aromatic rings. The Balaban J connectivity index is 1.81. The monoisotopic (exact) mass is 480 g/mol. The SMILES string of the molecule is O=C(NCc1cc(C(F)(F)F)on1)c1cc(-c2ccc(Cl)cc2)c(OCC(F)(F)F)nn1. The Hall–Kier alpha value is -3.35. The molecule has 0 fully saturated rings. The number of benzene rings is 1. The van der Waals surface area contributed by atoms with Gasteiger partial charge in [-0.25, -0.2) is 0 Å². The number of nitrogens with zero attached hydrogens (tertiary/aromatic N) is 3. The third-order valence-electron chi connectivity index (χ3n) is 3.79. The number of rotatable bonds is 6. The van der Waals surface area contributed by atoms with Gasteiger partial charge in [0.05, 0.1) is 6.54 Å². The lowest BCUT2D eigenvalue weighted by Crippen LogP contribution is -2.25. The topological polar surface area (TPSA) is 90.1 Å². The standard InChI is InChI=1S/C18H11ClF6N4O3/c19-10-3-1-9(2-4-10)12-6-13(27-28-16(12)31-8-17(20,21)22)15(30)26-7-11-5-14(32-29-11)18(23,24)25/h1-6H,7-8H2,(H,26,30). The number of ether oxygens (including phenoxy) is 1. The van der Waals surface area contributed by atoms with E-state index in [1.165, 1.54) is 24.3 Å². The summed E-state index contributed by atoms with van der Waals surface area (Å²) in [6.45, 7) is -2.07. The lowest BCUT2D eigenvalue weighted by Gasteiger charge is -2.13. The van der Waals surface area contributed by atoms with Crippen LogP contribution in [0.2, 0.25) is 5.02 Å². The Morgan fingerprint density at radius 2 is 1.75 bits per heavy atom. The van der Waals surface area contributed by atoms with Crippen LogP contribution in [0.25, 0.3) is 11.1 Å². The van der Waals surface area contributed by atoms with Gasteiger partial charge in [0.1, 0.15) is 5.69 Å². The van der Waals surface area contributed by atoms with Gasteiger partial charge in [-0.1, -0.05) is 28.9 Å². The fourth-order valence-corrected chi connectivity index (χ4v) is 2.50. The number of halogens is 7. The highest BCUT2D eigenvalue weighted by molar-refractivity contribution is 6.30. The Morgan fingerprint density at radius 3 is 2.34 bits per heavy atom. The van der Waals surface area contributed by atoms with Gasteiger partial charge in [-0.15, -0.1) is 10.2 Å². The van der Waals surface area contributed by atoms with Crippen LogP contribution in [0.4, 0.5) is 26.3 Å². The maximum absolute atomic E-state index is 12.5. The van der Waals surface area contributed by atoms with Crippen LogP contribution in [0.3, 0.4) is 0 Å². The van der Waals surface area contributed by atoms with Crippen molar-refractivity contribution in [3.63, 3.8) is 0 Å². The van der Waals surface area contributed by atoms with Crippen LogP contribution in [-0.4, -0.2) is 34.0 Å². The molecular formula is C18H11ClF6N4O3. The van der Waals surface area contributed by atoms with Crippen molar-refractivity contribution < 1.29 is 40.4 Å². The van der Waals surface area contributed by atoms with E-state index in [0.717, 1.165) is 6.07 Å². The summed E-state index contributed by atoms with van der Waals surface area (Å²) < 4.78 is 84.1. The molecule has 32 heavy (non-hydrogen) atoms. The molecule has 2 heterocycles. The quantitative estimate of drug-likeness (QED) is 0.515. The van der Waals surface area contributed by atoms with E-state index in [1.54, 1.807) is 0 Å².